The van der Waals surface area contributed by atoms with Crippen LogP contribution in [0.4, 0.5) is 5.82 Å². The first-order valence-electron chi connectivity index (χ1n) is 9.55. The van der Waals surface area contributed by atoms with Gasteiger partial charge in [0.25, 0.3) is 11.1 Å². The van der Waals surface area contributed by atoms with Crippen LogP contribution in [-0.2, 0) is 4.79 Å². The minimum atomic E-state index is -0.197. The number of nitrogens with zero attached hydrogens (tertiary/aromatic N) is 2. The maximum Gasteiger partial charge on any atom is 0.262 e. The molecule has 5 rings (SSSR count). The first kappa shape index (κ1) is 19.0. The van der Waals surface area contributed by atoms with Crippen LogP contribution in [0.5, 0.6) is 0 Å². The number of oxazole rings is 1. The van der Waals surface area contributed by atoms with Gasteiger partial charge in [-0.3, -0.25) is 14.5 Å². The van der Waals surface area contributed by atoms with Crippen LogP contribution >= 0.6 is 11.8 Å². The molecule has 1 aromatic carbocycles. The van der Waals surface area contributed by atoms with Gasteiger partial charge in [-0.25, -0.2) is 0 Å². The number of piperidine rings is 3. The largest absolute Gasteiger partial charge is 0.437 e. The van der Waals surface area contributed by atoms with Crippen LogP contribution < -0.4 is 10.6 Å². The standard InChI is InChI=1S/C20H24N4O3S/c1-12-18(14-7-9-24(12)10-8-14)23-19(26)15-3-5-16(6-4-15)28-20-22-17(11-27-20)21-13(2)25/h3-6,11-12,14,18H,7-10H2,1-2H3,(H,21,25)(H,23,26)/t12-,18+/m1/s1. The van der Waals surface area contributed by atoms with Gasteiger partial charge in [0, 0.05) is 29.5 Å². The smallest absolute Gasteiger partial charge is 0.262 e. The van der Waals surface area contributed by atoms with Gasteiger partial charge in [-0.05, 0) is 74.8 Å². The predicted octanol–water partition coefficient (Wildman–Crippen LogP) is 3.00. The molecule has 2 aromatic rings. The Morgan fingerprint density at radius 2 is 1.93 bits per heavy atom. The van der Waals surface area contributed by atoms with Crippen molar-refractivity contribution in [1.29, 1.82) is 0 Å². The Bertz CT molecular complexity index is 857. The van der Waals surface area contributed by atoms with Crippen LogP contribution in [0.25, 0.3) is 0 Å². The van der Waals surface area contributed by atoms with Gasteiger partial charge in [-0.1, -0.05) is 0 Å². The molecule has 7 nitrogen and oxygen atoms in total. The maximum absolute atomic E-state index is 12.7. The topological polar surface area (TPSA) is 87.5 Å². The lowest BCUT2D eigenvalue weighted by Gasteiger charge is -2.49. The van der Waals surface area contributed by atoms with Crippen molar-refractivity contribution in [2.45, 2.75) is 48.9 Å². The molecule has 3 aliphatic heterocycles. The molecule has 28 heavy (non-hydrogen) atoms. The van der Waals surface area contributed by atoms with Gasteiger partial charge < -0.3 is 15.1 Å². The highest BCUT2D eigenvalue weighted by Crippen LogP contribution is 2.32. The van der Waals surface area contributed by atoms with Crippen molar-refractivity contribution in [3.63, 3.8) is 0 Å². The zero-order valence-electron chi connectivity index (χ0n) is 16.0. The van der Waals surface area contributed by atoms with Crippen molar-refractivity contribution in [3.05, 3.63) is 36.1 Å². The summed E-state index contributed by atoms with van der Waals surface area (Å²) in [6.07, 6.45) is 3.74. The van der Waals surface area contributed by atoms with E-state index in [0.717, 1.165) is 18.0 Å². The highest BCUT2D eigenvalue weighted by Gasteiger charge is 2.40. The van der Waals surface area contributed by atoms with E-state index in [1.54, 1.807) is 0 Å². The van der Waals surface area contributed by atoms with E-state index >= 15 is 0 Å². The van der Waals surface area contributed by atoms with Crippen LogP contribution in [0, 0.1) is 5.92 Å². The predicted molar refractivity (Wildman–Crippen MR) is 106 cm³/mol. The molecule has 0 spiro atoms. The van der Waals surface area contributed by atoms with Crippen molar-refractivity contribution in [2.75, 3.05) is 18.4 Å². The summed E-state index contributed by atoms with van der Waals surface area (Å²) in [7, 11) is 0. The van der Waals surface area contributed by atoms with Crippen LogP contribution in [0.3, 0.4) is 0 Å². The normalized spacial score (nSPS) is 26.1. The number of carbonyl (C=O) groups excluding carboxylic acids is 2. The first-order chi connectivity index (χ1) is 13.5. The molecule has 2 bridgehead atoms. The third-order valence-electron chi connectivity index (χ3n) is 5.58. The average Bonchev–Trinajstić information content (AvgIpc) is 3.11. The number of amides is 2. The number of nitrogens with one attached hydrogen (secondary N) is 2. The van der Waals surface area contributed by atoms with Crippen molar-refractivity contribution in [3.8, 4) is 0 Å². The quantitative estimate of drug-likeness (QED) is 0.802. The van der Waals surface area contributed by atoms with E-state index in [1.165, 1.54) is 37.8 Å². The molecule has 0 aliphatic carbocycles. The zero-order valence-corrected chi connectivity index (χ0v) is 16.8. The number of hydrogen-bond acceptors (Lipinski definition) is 6. The number of fused-ring (bicyclic) bond motifs is 3. The van der Waals surface area contributed by atoms with Crippen molar-refractivity contribution in [2.24, 2.45) is 5.92 Å². The van der Waals surface area contributed by atoms with E-state index in [4.69, 9.17) is 4.42 Å². The van der Waals surface area contributed by atoms with E-state index in [2.05, 4.69) is 27.4 Å². The van der Waals surface area contributed by atoms with Crippen LogP contribution in [0.1, 0.15) is 37.0 Å². The fourth-order valence-electron chi connectivity index (χ4n) is 4.10. The number of anilines is 1. The molecular weight excluding hydrogens is 376 g/mol. The molecule has 3 aliphatic rings. The molecule has 0 saturated carbocycles. The fourth-order valence-corrected chi connectivity index (χ4v) is 4.81. The lowest BCUT2D eigenvalue weighted by Crippen LogP contribution is -2.62. The summed E-state index contributed by atoms with van der Waals surface area (Å²) in [6, 6.07) is 8.02. The second-order valence-corrected chi connectivity index (χ2v) is 8.44. The summed E-state index contributed by atoms with van der Waals surface area (Å²) in [5, 5.41) is 6.26. The molecule has 3 fully saturated rings. The molecule has 1 aromatic heterocycles. The number of rotatable bonds is 5. The molecule has 0 radical (unpaired) electrons. The molecular formula is C20H24N4O3S. The van der Waals surface area contributed by atoms with Crippen LogP contribution in [0.15, 0.2) is 45.1 Å². The van der Waals surface area contributed by atoms with Crippen molar-refractivity contribution in [1.82, 2.24) is 15.2 Å². The van der Waals surface area contributed by atoms with Crippen molar-refractivity contribution >= 4 is 29.4 Å². The number of hydrogen-bond donors (Lipinski definition) is 2. The highest BCUT2D eigenvalue weighted by molar-refractivity contribution is 7.99. The van der Waals surface area contributed by atoms with Gasteiger partial charge in [0.05, 0.1) is 0 Å². The Kier molecular flexibility index (Phi) is 5.41. The third kappa shape index (κ3) is 4.07. The van der Waals surface area contributed by atoms with E-state index in [9.17, 15) is 9.59 Å². The van der Waals surface area contributed by atoms with Crippen LogP contribution in [-0.4, -0.2) is 46.9 Å². The third-order valence-corrected chi connectivity index (χ3v) is 6.45. The lowest BCUT2D eigenvalue weighted by atomic mass is 9.79. The minimum Gasteiger partial charge on any atom is -0.437 e. The van der Waals surface area contributed by atoms with Gasteiger partial charge in [-0.2, -0.15) is 4.98 Å². The molecule has 8 heteroatoms. The zero-order chi connectivity index (χ0) is 19.7. The monoisotopic (exact) mass is 400 g/mol. The maximum atomic E-state index is 12.7. The second kappa shape index (κ2) is 7.97. The minimum absolute atomic E-state index is 0.0220. The van der Waals surface area contributed by atoms with Crippen molar-refractivity contribution < 1.29 is 14.0 Å². The Balaban J connectivity index is 1.37. The molecule has 0 unspecified atom stereocenters. The Hall–Kier alpha value is -2.32. The van der Waals surface area contributed by atoms with Gasteiger partial charge in [-0.15, -0.1) is 0 Å². The molecule has 2 N–H and O–H groups in total. The summed E-state index contributed by atoms with van der Waals surface area (Å²) in [6.45, 7) is 5.92. The highest BCUT2D eigenvalue weighted by atomic mass is 32.2. The summed E-state index contributed by atoms with van der Waals surface area (Å²) < 4.78 is 5.34. The second-order valence-electron chi connectivity index (χ2n) is 7.42. The van der Waals surface area contributed by atoms with E-state index in [1.807, 2.05) is 24.3 Å². The fraction of sp³-hybridized carbons (Fsp3) is 0.450. The van der Waals surface area contributed by atoms with Gasteiger partial charge in [0.15, 0.2) is 5.82 Å². The summed E-state index contributed by atoms with van der Waals surface area (Å²) >= 11 is 1.33. The van der Waals surface area contributed by atoms with Gasteiger partial charge >= 0.3 is 0 Å². The van der Waals surface area contributed by atoms with E-state index in [-0.39, 0.29) is 17.9 Å². The summed E-state index contributed by atoms with van der Waals surface area (Å²) in [5.74, 6) is 0.753. The molecule has 2 atom stereocenters. The molecule has 148 valence electrons. The SMILES string of the molecule is CC(=O)Nc1coc(Sc2ccc(C(=O)N[C@@H]3C4CCN(CC4)[C@@H]3C)cc2)n1. The number of aromatic nitrogens is 1. The van der Waals surface area contributed by atoms with E-state index < -0.39 is 0 Å². The lowest BCUT2D eigenvalue weighted by molar-refractivity contribution is -0.114. The Morgan fingerprint density at radius 1 is 1.21 bits per heavy atom. The summed E-state index contributed by atoms with van der Waals surface area (Å²) in [5.41, 5.74) is 0.652. The summed E-state index contributed by atoms with van der Waals surface area (Å²) in [4.78, 5) is 31.3. The molecule has 3 saturated heterocycles. The number of benzene rings is 1. The van der Waals surface area contributed by atoms with Crippen LogP contribution in [0.2, 0.25) is 0 Å². The Labute approximate surface area is 168 Å². The Morgan fingerprint density at radius 3 is 2.57 bits per heavy atom. The van der Waals surface area contributed by atoms with Gasteiger partial charge in [0.1, 0.15) is 6.26 Å². The molecule has 4 heterocycles. The molecule has 2 amide bonds. The average molecular weight is 401 g/mol. The first-order valence-corrected chi connectivity index (χ1v) is 10.4. The van der Waals surface area contributed by atoms with Gasteiger partial charge in [0.2, 0.25) is 5.91 Å². The number of carbonyl (C=O) groups is 2. The van der Waals surface area contributed by atoms with E-state index in [0.29, 0.717) is 28.6 Å².